The topological polar surface area (TPSA) is 64.3 Å². The highest BCUT2D eigenvalue weighted by atomic mass is 16.5. The molecule has 0 aliphatic heterocycles. The van der Waals surface area contributed by atoms with E-state index in [1.165, 1.54) is 0 Å². The molecule has 0 saturated heterocycles. The summed E-state index contributed by atoms with van der Waals surface area (Å²) in [5.74, 6) is 0.411. The molecule has 0 unspecified atom stereocenters. The predicted octanol–water partition coefficient (Wildman–Crippen LogP) is 4.81. The fraction of sp³-hybridized carbons (Fsp3) is 0.0455. The van der Waals surface area contributed by atoms with Gasteiger partial charge in [-0.3, -0.25) is 4.79 Å². The van der Waals surface area contributed by atoms with Crippen LogP contribution in [0.3, 0.4) is 0 Å². The van der Waals surface area contributed by atoms with E-state index in [-0.39, 0.29) is 5.78 Å². The van der Waals surface area contributed by atoms with Gasteiger partial charge in [-0.25, -0.2) is 0 Å². The summed E-state index contributed by atoms with van der Waals surface area (Å²) in [7, 11) is 0. The van der Waals surface area contributed by atoms with E-state index in [1.807, 2.05) is 48.5 Å². The number of nitrogens with two attached hydrogens (primary N) is 1. The molecule has 0 amide bonds. The van der Waals surface area contributed by atoms with Crippen LogP contribution in [-0.2, 0) is 0 Å². The van der Waals surface area contributed by atoms with Crippen LogP contribution in [0, 0.1) is 0 Å². The number of para-hydroxylation sites is 2. The minimum absolute atomic E-state index is 0.0876. The summed E-state index contributed by atoms with van der Waals surface area (Å²) < 4.78 is 5.73. The number of carbonyl (C=O) groups excluding carboxylic acids is 1. The first-order chi connectivity index (χ1) is 12.7. The normalized spacial score (nSPS) is 10.2. The third kappa shape index (κ3) is 3.92. The van der Waals surface area contributed by atoms with Gasteiger partial charge in [0.1, 0.15) is 12.4 Å². The van der Waals surface area contributed by atoms with Crippen molar-refractivity contribution >= 4 is 22.8 Å². The predicted molar refractivity (Wildman–Crippen MR) is 106 cm³/mol. The number of anilines is 3. The number of rotatable bonds is 7. The van der Waals surface area contributed by atoms with Crippen LogP contribution in [0.1, 0.15) is 15.9 Å². The molecular formula is C22H20N2O2. The van der Waals surface area contributed by atoms with E-state index in [9.17, 15) is 4.79 Å². The smallest absolute Gasteiger partial charge is 0.196 e. The van der Waals surface area contributed by atoms with E-state index in [0.29, 0.717) is 29.2 Å². The van der Waals surface area contributed by atoms with Crippen molar-refractivity contribution in [2.75, 3.05) is 17.7 Å². The average Bonchev–Trinajstić information content (AvgIpc) is 2.68. The van der Waals surface area contributed by atoms with Crippen LogP contribution in [0.5, 0.6) is 5.75 Å². The number of carbonyl (C=O) groups is 1. The lowest BCUT2D eigenvalue weighted by Crippen LogP contribution is -2.06. The molecule has 0 spiro atoms. The minimum atomic E-state index is -0.0876. The van der Waals surface area contributed by atoms with E-state index in [2.05, 4.69) is 11.9 Å². The van der Waals surface area contributed by atoms with Crippen molar-refractivity contribution in [2.24, 2.45) is 0 Å². The second-order valence-corrected chi connectivity index (χ2v) is 5.72. The van der Waals surface area contributed by atoms with Gasteiger partial charge >= 0.3 is 0 Å². The lowest BCUT2D eigenvalue weighted by atomic mass is 10.0. The standard InChI is InChI=1S/C22H20N2O2/c1-2-14-26-21-15-17(24-20-11-7-6-10-19(20)23)12-13-18(21)22(25)16-8-4-3-5-9-16/h2-13,15,24H,1,14,23H2. The Labute approximate surface area is 152 Å². The molecule has 130 valence electrons. The second-order valence-electron chi connectivity index (χ2n) is 5.72. The van der Waals surface area contributed by atoms with Gasteiger partial charge in [-0.2, -0.15) is 0 Å². The van der Waals surface area contributed by atoms with Crippen molar-refractivity contribution in [3.05, 3.63) is 96.6 Å². The number of nitrogens with one attached hydrogen (secondary N) is 1. The van der Waals surface area contributed by atoms with Crippen molar-refractivity contribution in [1.82, 2.24) is 0 Å². The van der Waals surface area contributed by atoms with Crippen LogP contribution in [0.2, 0.25) is 0 Å². The Morgan fingerprint density at radius 3 is 2.50 bits per heavy atom. The Hall–Kier alpha value is -3.53. The summed E-state index contributed by atoms with van der Waals surface area (Å²) in [5.41, 5.74) is 9.32. The number of ether oxygens (including phenoxy) is 1. The van der Waals surface area contributed by atoms with Gasteiger partial charge < -0.3 is 15.8 Å². The highest BCUT2D eigenvalue weighted by Gasteiger charge is 2.15. The first-order valence-corrected chi connectivity index (χ1v) is 8.28. The van der Waals surface area contributed by atoms with E-state index < -0.39 is 0 Å². The molecule has 0 aromatic heterocycles. The molecule has 0 aliphatic rings. The first-order valence-electron chi connectivity index (χ1n) is 8.28. The van der Waals surface area contributed by atoms with Gasteiger partial charge in [0.05, 0.1) is 16.9 Å². The maximum Gasteiger partial charge on any atom is 0.196 e. The van der Waals surface area contributed by atoms with Crippen LogP contribution in [0.25, 0.3) is 0 Å². The molecule has 4 heteroatoms. The van der Waals surface area contributed by atoms with Crippen LogP contribution < -0.4 is 15.8 Å². The summed E-state index contributed by atoms with van der Waals surface area (Å²) in [4.78, 5) is 12.8. The van der Waals surface area contributed by atoms with E-state index >= 15 is 0 Å². The Morgan fingerprint density at radius 2 is 1.77 bits per heavy atom. The molecule has 0 fully saturated rings. The average molecular weight is 344 g/mol. The molecule has 0 bridgehead atoms. The second kappa shape index (κ2) is 8.03. The monoisotopic (exact) mass is 344 g/mol. The Balaban J connectivity index is 1.94. The van der Waals surface area contributed by atoms with Crippen molar-refractivity contribution in [1.29, 1.82) is 0 Å². The third-order valence-electron chi connectivity index (χ3n) is 3.86. The van der Waals surface area contributed by atoms with Crippen molar-refractivity contribution in [3.63, 3.8) is 0 Å². The Morgan fingerprint density at radius 1 is 1.04 bits per heavy atom. The Bertz CT molecular complexity index is 920. The molecule has 0 radical (unpaired) electrons. The van der Waals surface area contributed by atoms with E-state index in [0.717, 1.165) is 11.4 Å². The maximum atomic E-state index is 12.8. The first kappa shape index (κ1) is 17.3. The van der Waals surface area contributed by atoms with Crippen LogP contribution >= 0.6 is 0 Å². The minimum Gasteiger partial charge on any atom is -0.489 e. The number of ketones is 1. The number of benzene rings is 3. The summed E-state index contributed by atoms with van der Waals surface area (Å²) in [6, 6.07) is 22.0. The lowest BCUT2D eigenvalue weighted by Gasteiger charge is -2.14. The summed E-state index contributed by atoms with van der Waals surface area (Å²) in [5, 5.41) is 3.25. The molecule has 0 saturated carbocycles. The molecule has 0 aliphatic carbocycles. The number of hydrogen-bond acceptors (Lipinski definition) is 4. The molecule has 3 rings (SSSR count). The molecular weight excluding hydrogens is 324 g/mol. The maximum absolute atomic E-state index is 12.8. The fourth-order valence-corrected chi connectivity index (χ4v) is 2.57. The molecule has 4 nitrogen and oxygen atoms in total. The molecule has 3 N–H and O–H groups in total. The quantitative estimate of drug-likeness (QED) is 0.367. The summed E-state index contributed by atoms with van der Waals surface area (Å²) >= 11 is 0. The van der Waals surface area contributed by atoms with Gasteiger partial charge in [-0.1, -0.05) is 55.1 Å². The summed E-state index contributed by atoms with van der Waals surface area (Å²) in [6.07, 6.45) is 1.64. The van der Waals surface area contributed by atoms with Gasteiger partial charge in [0, 0.05) is 17.3 Å². The Kier molecular flexibility index (Phi) is 5.34. The van der Waals surface area contributed by atoms with Gasteiger partial charge in [0.15, 0.2) is 5.78 Å². The zero-order valence-corrected chi connectivity index (χ0v) is 14.3. The van der Waals surface area contributed by atoms with E-state index in [1.54, 1.807) is 30.3 Å². The van der Waals surface area contributed by atoms with Crippen LogP contribution in [0.4, 0.5) is 17.1 Å². The zero-order chi connectivity index (χ0) is 18.4. The van der Waals surface area contributed by atoms with Crippen molar-refractivity contribution in [3.8, 4) is 5.75 Å². The molecule has 0 atom stereocenters. The largest absolute Gasteiger partial charge is 0.489 e. The SMILES string of the molecule is C=CCOc1cc(Nc2ccccc2N)ccc1C(=O)c1ccccc1. The van der Waals surface area contributed by atoms with Gasteiger partial charge in [0.25, 0.3) is 0 Å². The van der Waals surface area contributed by atoms with Gasteiger partial charge in [-0.05, 0) is 24.3 Å². The van der Waals surface area contributed by atoms with Crippen LogP contribution in [0.15, 0.2) is 85.5 Å². The van der Waals surface area contributed by atoms with Gasteiger partial charge in [0.2, 0.25) is 0 Å². The molecule has 3 aromatic rings. The third-order valence-corrected chi connectivity index (χ3v) is 3.86. The molecule has 3 aromatic carbocycles. The zero-order valence-electron chi connectivity index (χ0n) is 14.3. The molecule has 26 heavy (non-hydrogen) atoms. The van der Waals surface area contributed by atoms with Gasteiger partial charge in [-0.15, -0.1) is 0 Å². The number of hydrogen-bond donors (Lipinski definition) is 2. The van der Waals surface area contributed by atoms with E-state index in [4.69, 9.17) is 10.5 Å². The van der Waals surface area contributed by atoms with Crippen LogP contribution in [-0.4, -0.2) is 12.4 Å². The highest BCUT2D eigenvalue weighted by molar-refractivity contribution is 6.11. The number of nitrogen functional groups attached to an aromatic ring is 1. The summed E-state index contributed by atoms with van der Waals surface area (Å²) in [6.45, 7) is 3.98. The van der Waals surface area contributed by atoms with Crippen molar-refractivity contribution < 1.29 is 9.53 Å². The fourth-order valence-electron chi connectivity index (χ4n) is 2.57. The van der Waals surface area contributed by atoms with Crippen molar-refractivity contribution in [2.45, 2.75) is 0 Å². The highest BCUT2D eigenvalue weighted by Crippen LogP contribution is 2.29. The lowest BCUT2D eigenvalue weighted by molar-refractivity contribution is 0.103. The molecule has 0 heterocycles.